The number of halogens is 1. The van der Waals surface area contributed by atoms with Gasteiger partial charge in [-0.1, -0.05) is 40.2 Å². The van der Waals surface area contributed by atoms with Crippen LogP contribution < -0.4 is 0 Å². The largest absolute Gasteiger partial charge is 0.306 e. The lowest BCUT2D eigenvalue weighted by Gasteiger charge is -1.86. The fraction of sp³-hybridized carbons (Fsp3) is 0.0714. The Morgan fingerprint density at radius 1 is 1.41 bits per heavy atom. The minimum Gasteiger partial charge on any atom is -0.306 e. The number of allylic oxidation sites excluding steroid dienone is 5. The molecule has 2 aromatic heterocycles. The zero-order chi connectivity index (χ0) is 12.1. The highest BCUT2D eigenvalue weighted by molar-refractivity contribution is 9.11. The monoisotopic (exact) mass is 288 g/mol. The summed E-state index contributed by atoms with van der Waals surface area (Å²) in [6.45, 7) is 1.99. The van der Waals surface area contributed by atoms with Crippen LogP contribution in [-0.2, 0) is 0 Å². The van der Waals surface area contributed by atoms with Crippen molar-refractivity contribution in [3.8, 4) is 0 Å². The van der Waals surface area contributed by atoms with Crippen molar-refractivity contribution in [2.24, 2.45) is 0 Å². The van der Waals surface area contributed by atoms with Gasteiger partial charge >= 0.3 is 0 Å². The van der Waals surface area contributed by atoms with Crippen molar-refractivity contribution in [2.75, 3.05) is 0 Å². The van der Waals surface area contributed by atoms with Gasteiger partial charge in [-0.05, 0) is 31.2 Å². The summed E-state index contributed by atoms with van der Waals surface area (Å²) in [4.78, 5) is 4.47. The first-order chi connectivity index (χ1) is 8.29. The molecule has 0 bridgehead atoms. The van der Waals surface area contributed by atoms with E-state index in [1.54, 1.807) is 0 Å². The fourth-order valence-electron chi connectivity index (χ4n) is 1.49. The summed E-state index contributed by atoms with van der Waals surface area (Å²) in [6.07, 6.45) is 13.9. The van der Waals surface area contributed by atoms with Crippen molar-refractivity contribution in [1.82, 2.24) is 9.38 Å². The van der Waals surface area contributed by atoms with Gasteiger partial charge in [0.05, 0.1) is 5.69 Å². The molecule has 0 amide bonds. The number of hydrogen-bond acceptors (Lipinski definition) is 1. The molecule has 0 aliphatic carbocycles. The highest BCUT2D eigenvalue weighted by Gasteiger charge is 1.95. The van der Waals surface area contributed by atoms with Crippen LogP contribution in [0.15, 0.2) is 59.4 Å². The lowest BCUT2D eigenvalue weighted by molar-refractivity contribution is 1.19. The lowest BCUT2D eigenvalue weighted by Crippen LogP contribution is -1.77. The van der Waals surface area contributed by atoms with Gasteiger partial charge in [0.15, 0.2) is 0 Å². The molecular weight excluding hydrogens is 276 g/mol. The van der Waals surface area contributed by atoms with Crippen LogP contribution in [0.25, 0.3) is 11.7 Å². The van der Waals surface area contributed by atoms with Crippen molar-refractivity contribution in [3.63, 3.8) is 0 Å². The predicted molar refractivity (Wildman–Crippen MR) is 76.1 cm³/mol. The first-order valence-corrected chi connectivity index (χ1v) is 6.19. The van der Waals surface area contributed by atoms with Crippen LogP contribution >= 0.6 is 15.9 Å². The van der Waals surface area contributed by atoms with E-state index in [0.717, 1.165) is 15.8 Å². The highest BCUT2D eigenvalue weighted by Crippen LogP contribution is 2.09. The van der Waals surface area contributed by atoms with Gasteiger partial charge in [0, 0.05) is 16.9 Å². The van der Waals surface area contributed by atoms with Crippen LogP contribution in [0.4, 0.5) is 0 Å². The second-order valence-electron chi connectivity index (χ2n) is 3.54. The van der Waals surface area contributed by atoms with Crippen molar-refractivity contribution < 1.29 is 0 Å². The number of nitrogens with zero attached hydrogens (tertiary/aromatic N) is 2. The summed E-state index contributed by atoms with van der Waals surface area (Å²) in [7, 11) is 0. The van der Waals surface area contributed by atoms with Crippen LogP contribution in [0.3, 0.4) is 0 Å². The maximum absolute atomic E-state index is 4.47. The Hall–Kier alpha value is -1.61. The second kappa shape index (κ2) is 5.64. The molecule has 2 heterocycles. The van der Waals surface area contributed by atoms with E-state index in [1.165, 1.54) is 0 Å². The highest BCUT2D eigenvalue weighted by atomic mass is 79.9. The maximum atomic E-state index is 4.47. The van der Waals surface area contributed by atoms with Gasteiger partial charge in [0.1, 0.15) is 5.65 Å². The van der Waals surface area contributed by atoms with Crippen molar-refractivity contribution >= 4 is 27.7 Å². The summed E-state index contributed by atoms with van der Waals surface area (Å²) in [6, 6.07) is 5.96. The van der Waals surface area contributed by atoms with E-state index in [0.29, 0.717) is 0 Å². The molecule has 0 aliphatic heterocycles. The second-order valence-corrected chi connectivity index (χ2v) is 4.46. The van der Waals surface area contributed by atoms with Crippen molar-refractivity contribution in [3.05, 3.63) is 65.1 Å². The Labute approximate surface area is 109 Å². The van der Waals surface area contributed by atoms with E-state index in [2.05, 4.69) is 20.9 Å². The van der Waals surface area contributed by atoms with E-state index in [-0.39, 0.29) is 0 Å². The Balaban J connectivity index is 2.18. The van der Waals surface area contributed by atoms with Crippen LogP contribution in [-0.4, -0.2) is 9.38 Å². The predicted octanol–water partition coefficient (Wildman–Crippen LogP) is 4.20. The van der Waals surface area contributed by atoms with Gasteiger partial charge in [-0.15, -0.1) is 0 Å². The molecule has 0 aromatic carbocycles. The SMILES string of the molecule is C\C=C/C(Br)=C\C=C\c1cn2ccccc2n1. The van der Waals surface area contributed by atoms with Crippen LogP contribution in [0.2, 0.25) is 0 Å². The van der Waals surface area contributed by atoms with Gasteiger partial charge < -0.3 is 4.40 Å². The van der Waals surface area contributed by atoms with Crippen LogP contribution in [0.5, 0.6) is 0 Å². The fourth-order valence-corrected chi connectivity index (χ4v) is 1.90. The summed E-state index contributed by atoms with van der Waals surface area (Å²) in [5, 5.41) is 0. The minimum atomic E-state index is 0.952. The molecular formula is C14H13BrN2. The standard InChI is InChI=1S/C14H13BrN2/c1-2-6-12(15)7-5-8-13-11-17-10-4-3-9-14(17)16-13/h2-11H,1H3/b6-2-,8-5+,12-7+. The zero-order valence-corrected chi connectivity index (χ0v) is 11.1. The Bertz CT molecular complexity index is 558. The van der Waals surface area contributed by atoms with E-state index in [9.17, 15) is 0 Å². The Morgan fingerprint density at radius 3 is 3.06 bits per heavy atom. The van der Waals surface area contributed by atoms with Gasteiger partial charge in [-0.3, -0.25) is 0 Å². The average molecular weight is 289 g/mol. The number of hydrogen-bond donors (Lipinski definition) is 0. The summed E-state index contributed by atoms with van der Waals surface area (Å²) in [5.41, 5.74) is 1.91. The number of aromatic nitrogens is 2. The van der Waals surface area contributed by atoms with Gasteiger partial charge in [0.25, 0.3) is 0 Å². The smallest absolute Gasteiger partial charge is 0.137 e. The first kappa shape index (κ1) is 11.9. The third-order valence-corrected chi connectivity index (χ3v) is 2.76. The molecule has 0 radical (unpaired) electrons. The third kappa shape index (κ3) is 3.17. The molecule has 0 N–H and O–H groups in total. The molecule has 2 rings (SSSR count). The molecule has 0 unspecified atom stereocenters. The summed E-state index contributed by atoms with van der Waals surface area (Å²) in [5.74, 6) is 0. The quantitative estimate of drug-likeness (QED) is 0.774. The summed E-state index contributed by atoms with van der Waals surface area (Å²) < 4.78 is 3.05. The number of fused-ring (bicyclic) bond motifs is 1. The molecule has 86 valence electrons. The molecule has 2 nitrogen and oxygen atoms in total. The minimum absolute atomic E-state index is 0.952. The van der Waals surface area contributed by atoms with Crippen molar-refractivity contribution in [2.45, 2.75) is 6.92 Å². The van der Waals surface area contributed by atoms with Crippen molar-refractivity contribution in [1.29, 1.82) is 0 Å². The third-order valence-electron chi connectivity index (χ3n) is 2.23. The van der Waals surface area contributed by atoms with E-state index in [1.807, 2.05) is 72.3 Å². The summed E-state index contributed by atoms with van der Waals surface area (Å²) >= 11 is 3.44. The topological polar surface area (TPSA) is 17.3 Å². The number of imidazole rings is 1. The number of pyridine rings is 1. The molecule has 0 saturated carbocycles. The Kier molecular flexibility index (Phi) is 3.94. The molecule has 0 atom stereocenters. The lowest BCUT2D eigenvalue weighted by atomic mass is 10.3. The van der Waals surface area contributed by atoms with Gasteiger partial charge in [-0.2, -0.15) is 0 Å². The van der Waals surface area contributed by atoms with Crippen LogP contribution in [0, 0.1) is 0 Å². The maximum Gasteiger partial charge on any atom is 0.137 e. The van der Waals surface area contributed by atoms with E-state index < -0.39 is 0 Å². The first-order valence-electron chi connectivity index (χ1n) is 5.40. The molecule has 0 fully saturated rings. The molecule has 2 aromatic rings. The van der Waals surface area contributed by atoms with Crippen LogP contribution in [0.1, 0.15) is 12.6 Å². The molecule has 0 aliphatic rings. The van der Waals surface area contributed by atoms with E-state index in [4.69, 9.17) is 0 Å². The number of rotatable bonds is 3. The Morgan fingerprint density at radius 2 is 2.29 bits per heavy atom. The molecule has 0 saturated heterocycles. The molecule has 0 spiro atoms. The van der Waals surface area contributed by atoms with Gasteiger partial charge in [-0.25, -0.2) is 4.98 Å². The molecule has 17 heavy (non-hydrogen) atoms. The molecule has 3 heteroatoms. The normalized spacial score (nSPS) is 13.2. The average Bonchev–Trinajstić information content (AvgIpc) is 2.71. The van der Waals surface area contributed by atoms with E-state index >= 15 is 0 Å². The zero-order valence-electron chi connectivity index (χ0n) is 9.55. The van der Waals surface area contributed by atoms with Gasteiger partial charge in [0.2, 0.25) is 0 Å².